The highest BCUT2D eigenvalue weighted by atomic mass is 32.2. The molecule has 1 aliphatic heterocycles. The molecule has 0 atom stereocenters. The third-order valence-corrected chi connectivity index (χ3v) is 3.73. The molecule has 2 rings (SSSR count). The van der Waals surface area contributed by atoms with Crippen LogP contribution in [0.25, 0.3) is 0 Å². The van der Waals surface area contributed by atoms with Crippen LogP contribution in [-0.2, 0) is 11.3 Å². The van der Waals surface area contributed by atoms with Crippen molar-refractivity contribution in [3.8, 4) is 0 Å². The highest BCUT2D eigenvalue weighted by molar-refractivity contribution is 7.99. The van der Waals surface area contributed by atoms with E-state index in [9.17, 15) is 0 Å². The smallest absolute Gasteiger partial charge is 0.187 e. The van der Waals surface area contributed by atoms with E-state index in [-0.39, 0.29) is 0 Å². The number of ether oxygens (including phenoxy) is 1. The first-order chi connectivity index (χ1) is 7.88. The molecule has 1 aromatic rings. The van der Waals surface area contributed by atoms with E-state index in [4.69, 9.17) is 4.74 Å². The van der Waals surface area contributed by atoms with E-state index in [1.807, 2.05) is 19.4 Å². The summed E-state index contributed by atoms with van der Waals surface area (Å²) in [6.07, 6.45) is 5.99. The van der Waals surface area contributed by atoms with Crippen LogP contribution >= 0.6 is 11.8 Å². The van der Waals surface area contributed by atoms with Gasteiger partial charge in [0.1, 0.15) is 0 Å². The third-order valence-electron chi connectivity index (χ3n) is 2.50. The van der Waals surface area contributed by atoms with E-state index in [2.05, 4.69) is 15.3 Å². The minimum Gasteiger partial charge on any atom is -0.381 e. The van der Waals surface area contributed by atoms with Gasteiger partial charge in [0.25, 0.3) is 0 Å². The molecular formula is C11H17N3OS. The fraction of sp³-hybridized carbons (Fsp3) is 0.636. The van der Waals surface area contributed by atoms with Crippen LogP contribution < -0.4 is 5.32 Å². The lowest BCUT2D eigenvalue weighted by molar-refractivity contribution is 0.1000. The zero-order valence-corrected chi connectivity index (χ0v) is 10.3. The molecule has 0 unspecified atom stereocenters. The van der Waals surface area contributed by atoms with Crippen LogP contribution in [0.3, 0.4) is 0 Å². The number of nitrogens with zero attached hydrogens (tertiary/aromatic N) is 2. The molecule has 0 radical (unpaired) electrons. The molecule has 0 aromatic carbocycles. The van der Waals surface area contributed by atoms with Crippen LogP contribution in [0.15, 0.2) is 17.6 Å². The van der Waals surface area contributed by atoms with Crippen LogP contribution in [0.1, 0.15) is 18.4 Å². The van der Waals surface area contributed by atoms with Crippen molar-refractivity contribution >= 4 is 11.8 Å². The van der Waals surface area contributed by atoms with E-state index in [0.717, 1.165) is 43.3 Å². The number of thioether (sulfide) groups is 1. The molecule has 0 spiro atoms. The Kier molecular flexibility index (Phi) is 4.56. The Balaban J connectivity index is 1.88. The van der Waals surface area contributed by atoms with E-state index in [1.165, 1.54) is 0 Å². The molecule has 1 N–H and O–H groups in total. The number of aromatic nitrogens is 2. The van der Waals surface area contributed by atoms with Gasteiger partial charge in [-0.05, 0) is 19.9 Å². The number of hydrogen-bond acceptors (Lipinski definition) is 5. The Bertz CT molecular complexity index is 312. The normalized spacial score (nSPS) is 17.6. The third kappa shape index (κ3) is 3.43. The van der Waals surface area contributed by atoms with E-state index in [0.29, 0.717) is 5.25 Å². The molecule has 5 heteroatoms. The van der Waals surface area contributed by atoms with Gasteiger partial charge in [-0.2, -0.15) is 0 Å². The first-order valence-electron chi connectivity index (χ1n) is 5.58. The van der Waals surface area contributed by atoms with Gasteiger partial charge in [0.05, 0.1) is 0 Å². The van der Waals surface area contributed by atoms with Gasteiger partial charge in [0, 0.05) is 43.0 Å². The second kappa shape index (κ2) is 6.18. The molecule has 88 valence electrons. The van der Waals surface area contributed by atoms with Crippen molar-refractivity contribution in [2.24, 2.45) is 0 Å². The van der Waals surface area contributed by atoms with Gasteiger partial charge < -0.3 is 10.1 Å². The second-order valence-electron chi connectivity index (χ2n) is 3.83. The van der Waals surface area contributed by atoms with Gasteiger partial charge >= 0.3 is 0 Å². The highest BCUT2D eigenvalue weighted by Crippen LogP contribution is 2.26. The van der Waals surface area contributed by atoms with Crippen LogP contribution in [0.5, 0.6) is 0 Å². The van der Waals surface area contributed by atoms with Crippen molar-refractivity contribution in [2.45, 2.75) is 29.8 Å². The largest absolute Gasteiger partial charge is 0.381 e. The maximum Gasteiger partial charge on any atom is 0.187 e. The minimum atomic E-state index is 0.615. The monoisotopic (exact) mass is 239 g/mol. The summed E-state index contributed by atoms with van der Waals surface area (Å²) >= 11 is 1.77. The summed E-state index contributed by atoms with van der Waals surface area (Å²) in [4.78, 5) is 8.72. The molecule has 0 saturated carbocycles. The molecule has 1 aliphatic rings. The molecule has 0 aliphatic carbocycles. The van der Waals surface area contributed by atoms with Gasteiger partial charge in [0.15, 0.2) is 5.16 Å². The zero-order valence-electron chi connectivity index (χ0n) is 9.48. The maximum atomic E-state index is 5.33. The quantitative estimate of drug-likeness (QED) is 0.806. The average molecular weight is 239 g/mol. The molecule has 16 heavy (non-hydrogen) atoms. The molecule has 1 fully saturated rings. The molecule has 0 amide bonds. The Morgan fingerprint density at radius 3 is 2.69 bits per heavy atom. The molecular weight excluding hydrogens is 222 g/mol. The molecule has 1 aromatic heterocycles. The second-order valence-corrected chi connectivity index (χ2v) is 5.10. The summed E-state index contributed by atoms with van der Waals surface area (Å²) in [7, 11) is 1.92. The van der Waals surface area contributed by atoms with Gasteiger partial charge in [-0.15, -0.1) is 0 Å². The lowest BCUT2D eigenvalue weighted by Gasteiger charge is -2.20. The van der Waals surface area contributed by atoms with Crippen LogP contribution in [0, 0.1) is 0 Å². The zero-order chi connectivity index (χ0) is 11.2. The lowest BCUT2D eigenvalue weighted by Crippen LogP contribution is -2.17. The van der Waals surface area contributed by atoms with Gasteiger partial charge in [0.2, 0.25) is 0 Å². The van der Waals surface area contributed by atoms with Crippen molar-refractivity contribution in [1.29, 1.82) is 0 Å². The summed E-state index contributed by atoms with van der Waals surface area (Å²) < 4.78 is 5.33. The molecule has 2 heterocycles. The SMILES string of the molecule is CNCc1cnc(SC2CCOCC2)nc1. The van der Waals surface area contributed by atoms with Crippen LogP contribution in [0.2, 0.25) is 0 Å². The summed E-state index contributed by atoms with van der Waals surface area (Å²) in [6.45, 7) is 2.56. The van der Waals surface area contributed by atoms with Crippen molar-refractivity contribution in [3.05, 3.63) is 18.0 Å². The highest BCUT2D eigenvalue weighted by Gasteiger charge is 2.16. The lowest BCUT2D eigenvalue weighted by atomic mass is 10.2. The van der Waals surface area contributed by atoms with E-state index >= 15 is 0 Å². The van der Waals surface area contributed by atoms with Crippen molar-refractivity contribution < 1.29 is 4.74 Å². The fourth-order valence-electron chi connectivity index (χ4n) is 1.64. The summed E-state index contributed by atoms with van der Waals surface area (Å²) in [5.41, 5.74) is 1.12. The summed E-state index contributed by atoms with van der Waals surface area (Å²) in [5, 5.41) is 4.58. The Hall–Kier alpha value is -0.650. The maximum absolute atomic E-state index is 5.33. The predicted molar refractivity (Wildman–Crippen MR) is 64.5 cm³/mol. The number of nitrogens with one attached hydrogen (secondary N) is 1. The van der Waals surface area contributed by atoms with Gasteiger partial charge in [-0.3, -0.25) is 0 Å². The summed E-state index contributed by atoms with van der Waals surface area (Å²) in [6, 6.07) is 0. The number of rotatable bonds is 4. The van der Waals surface area contributed by atoms with E-state index < -0.39 is 0 Å². The van der Waals surface area contributed by atoms with Crippen LogP contribution in [-0.4, -0.2) is 35.5 Å². The minimum absolute atomic E-state index is 0.615. The first-order valence-corrected chi connectivity index (χ1v) is 6.46. The summed E-state index contributed by atoms with van der Waals surface area (Å²) in [5.74, 6) is 0. The standard InChI is InChI=1S/C11H17N3OS/c1-12-6-9-7-13-11(14-8-9)16-10-2-4-15-5-3-10/h7-8,10,12H,2-6H2,1H3. The molecule has 1 saturated heterocycles. The Labute approximate surface area is 100 Å². The van der Waals surface area contributed by atoms with Crippen LogP contribution in [0.4, 0.5) is 0 Å². The Morgan fingerprint density at radius 2 is 2.06 bits per heavy atom. The average Bonchev–Trinajstić information content (AvgIpc) is 2.33. The van der Waals surface area contributed by atoms with Crippen molar-refractivity contribution in [1.82, 2.24) is 15.3 Å². The van der Waals surface area contributed by atoms with Crippen molar-refractivity contribution in [2.75, 3.05) is 20.3 Å². The van der Waals surface area contributed by atoms with E-state index in [1.54, 1.807) is 11.8 Å². The Morgan fingerprint density at radius 1 is 1.38 bits per heavy atom. The predicted octanol–water partition coefficient (Wildman–Crippen LogP) is 1.47. The number of hydrogen-bond donors (Lipinski definition) is 1. The topological polar surface area (TPSA) is 47.0 Å². The molecule has 0 bridgehead atoms. The first kappa shape index (κ1) is 11.8. The van der Waals surface area contributed by atoms with Gasteiger partial charge in [-0.25, -0.2) is 9.97 Å². The van der Waals surface area contributed by atoms with Gasteiger partial charge in [-0.1, -0.05) is 11.8 Å². The molecule has 4 nitrogen and oxygen atoms in total. The van der Waals surface area contributed by atoms with Crippen molar-refractivity contribution in [3.63, 3.8) is 0 Å². The fourth-order valence-corrected chi connectivity index (χ4v) is 2.60.